The van der Waals surface area contributed by atoms with E-state index in [9.17, 15) is 9.90 Å². The van der Waals surface area contributed by atoms with Crippen molar-refractivity contribution in [1.29, 1.82) is 0 Å². The summed E-state index contributed by atoms with van der Waals surface area (Å²) in [4.78, 5) is 11.4. The maximum absolute atomic E-state index is 11.4. The van der Waals surface area contributed by atoms with E-state index in [1.807, 2.05) is 25.6 Å². The van der Waals surface area contributed by atoms with Gasteiger partial charge in [0.05, 0.1) is 6.10 Å². The van der Waals surface area contributed by atoms with Gasteiger partial charge in [-0.15, -0.1) is 0 Å². The first-order chi connectivity index (χ1) is 6.65. The summed E-state index contributed by atoms with van der Waals surface area (Å²) in [5, 5.41) is 9.75. The van der Waals surface area contributed by atoms with Crippen LogP contribution in [0.1, 0.15) is 33.1 Å². The monoisotopic (exact) mass is 216 g/mol. The minimum atomic E-state index is -0.177. The van der Waals surface area contributed by atoms with Crippen molar-refractivity contribution in [3.8, 4) is 0 Å². The second kappa shape index (κ2) is 5.76. The molecule has 0 spiro atoms. The molecule has 0 aromatic heterocycles. The number of hydrogen-bond donors (Lipinski definition) is 1. The lowest BCUT2D eigenvalue weighted by Gasteiger charge is -2.28. The van der Waals surface area contributed by atoms with Crippen LogP contribution in [0.2, 0.25) is 0 Å². The predicted octanol–water partition coefficient (Wildman–Crippen LogP) is 2.11. The lowest BCUT2D eigenvalue weighted by Crippen LogP contribution is -2.30. The maximum atomic E-state index is 11.4. The van der Waals surface area contributed by atoms with Crippen LogP contribution in [0.5, 0.6) is 0 Å². The Balaban J connectivity index is 2.38. The topological polar surface area (TPSA) is 37.3 Å². The molecule has 1 heterocycles. The number of carbonyl (C=O) groups is 1. The molecule has 3 atom stereocenters. The summed E-state index contributed by atoms with van der Waals surface area (Å²) in [6, 6.07) is 0. The fourth-order valence-corrected chi connectivity index (χ4v) is 3.18. The van der Waals surface area contributed by atoms with Crippen LogP contribution in [0.4, 0.5) is 0 Å². The third-order valence-electron chi connectivity index (χ3n) is 2.99. The van der Waals surface area contributed by atoms with E-state index in [0.717, 1.165) is 24.3 Å². The summed E-state index contributed by atoms with van der Waals surface area (Å²) in [6.45, 7) is 3.89. The van der Waals surface area contributed by atoms with E-state index in [2.05, 4.69) is 0 Å². The zero-order valence-electron chi connectivity index (χ0n) is 9.03. The molecule has 0 saturated carbocycles. The van der Waals surface area contributed by atoms with Gasteiger partial charge in [-0.1, -0.05) is 13.8 Å². The van der Waals surface area contributed by atoms with Gasteiger partial charge in [0, 0.05) is 12.3 Å². The quantitative estimate of drug-likeness (QED) is 0.782. The Labute approximate surface area is 90.5 Å². The lowest BCUT2D eigenvalue weighted by molar-refractivity contribution is -0.122. The molecular formula is C11H20O2S. The fourth-order valence-electron chi connectivity index (χ4n) is 1.94. The summed E-state index contributed by atoms with van der Waals surface area (Å²) in [5.74, 6) is 2.86. The van der Waals surface area contributed by atoms with Crippen LogP contribution in [-0.2, 0) is 4.79 Å². The Morgan fingerprint density at radius 3 is 2.93 bits per heavy atom. The van der Waals surface area contributed by atoms with Crippen molar-refractivity contribution in [2.45, 2.75) is 39.2 Å². The molecule has 0 amide bonds. The Bertz CT molecular complexity index is 194. The van der Waals surface area contributed by atoms with Crippen molar-refractivity contribution < 1.29 is 9.90 Å². The second-order valence-electron chi connectivity index (χ2n) is 4.15. The number of ketones is 1. The standard InChI is InChI=1S/C11H20O2S/c1-3-10(12)8(2)6-9-7-14-5-4-11(9)13/h8-9,11,13H,3-7H2,1-2H3/t8-,9-,11+/m1/s1. The highest BCUT2D eigenvalue weighted by Gasteiger charge is 2.26. The summed E-state index contributed by atoms with van der Waals surface area (Å²) < 4.78 is 0. The van der Waals surface area contributed by atoms with Gasteiger partial charge in [-0.3, -0.25) is 4.79 Å². The van der Waals surface area contributed by atoms with E-state index in [1.165, 1.54) is 0 Å². The van der Waals surface area contributed by atoms with Gasteiger partial charge < -0.3 is 5.11 Å². The molecule has 1 fully saturated rings. The van der Waals surface area contributed by atoms with E-state index >= 15 is 0 Å². The van der Waals surface area contributed by atoms with Gasteiger partial charge in [0.2, 0.25) is 0 Å². The maximum Gasteiger partial charge on any atom is 0.135 e. The van der Waals surface area contributed by atoms with Crippen LogP contribution < -0.4 is 0 Å². The summed E-state index contributed by atoms with van der Waals surface area (Å²) >= 11 is 1.90. The third-order valence-corrected chi connectivity index (χ3v) is 4.18. The highest BCUT2D eigenvalue weighted by molar-refractivity contribution is 7.99. The molecule has 0 aliphatic carbocycles. The number of thioether (sulfide) groups is 1. The van der Waals surface area contributed by atoms with Crippen LogP contribution >= 0.6 is 11.8 Å². The van der Waals surface area contributed by atoms with Gasteiger partial charge in [0.15, 0.2) is 0 Å². The number of rotatable bonds is 4. The fraction of sp³-hybridized carbons (Fsp3) is 0.909. The molecule has 1 rings (SSSR count). The molecule has 0 aromatic carbocycles. The van der Waals surface area contributed by atoms with E-state index in [1.54, 1.807) is 0 Å². The Morgan fingerprint density at radius 1 is 1.64 bits per heavy atom. The molecule has 1 aliphatic heterocycles. The number of hydrogen-bond acceptors (Lipinski definition) is 3. The third kappa shape index (κ3) is 3.28. The normalized spacial score (nSPS) is 29.9. The minimum Gasteiger partial charge on any atom is -0.393 e. The first kappa shape index (κ1) is 12.1. The van der Waals surface area contributed by atoms with Gasteiger partial charge in [0.25, 0.3) is 0 Å². The molecule has 2 nitrogen and oxygen atoms in total. The van der Waals surface area contributed by atoms with E-state index < -0.39 is 0 Å². The van der Waals surface area contributed by atoms with Crippen molar-refractivity contribution >= 4 is 17.5 Å². The molecule has 14 heavy (non-hydrogen) atoms. The van der Waals surface area contributed by atoms with Crippen molar-refractivity contribution in [2.75, 3.05) is 11.5 Å². The van der Waals surface area contributed by atoms with Crippen LogP contribution in [-0.4, -0.2) is 28.5 Å². The molecule has 1 N–H and O–H groups in total. The largest absolute Gasteiger partial charge is 0.393 e. The van der Waals surface area contributed by atoms with Gasteiger partial charge in [-0.25, -0.2) is 0 Å². The Morgan fingerprint density at radius 2 is 2.36 bits per heavy atom. The first-order valence-electron chi connectivity index (χ1n) is 5.43. The van der Waals surface area contributed by atoms with Gasteiger partial charge in [0.1, 0.15) is 5.78 Å². The van der Waals surface area contributed by atoms with Crippen molar-refractivity contribution in [3.05, 3.63) is 0 Å². The number of carbonyl (C=O) groups excluding carboxylic acids is 1. The average molecular weight is 216 g/mol. The highest BCUT2D eigenvalue weighted by Crippen LogP contribution is 2.28. The van der Waals surface area contributed by atoms with E-state index in [4.69, 9.17) is 0 Å². The predicted molar refractivity (Wildman–Crippen MR) is 60.5 cm³/mol. The number of Topliss-reactive ketones (excluding diaryl/α,β-unsaturated/α-hetero) is 1. The zero-order valence-corrected chi connectivity index (χ0v) is 9.85. The SMILES string of the molecule is CCC(=O)[C@H](C)C[C@@H]1CSCC[C@@H]1O. The lowest BCUT2D eigenvalue weighted by atomic mass is 9.88. The summed E-state index contributed by atoms with van der Waals surface area (Å²) in [7, 11) is 0. The smallest absolute Gasteiger partial charge is 0.135 e. The first-order valence-corrected chi connectivity index (χ1v) is 6.59. The Hall–Kier alpha value is -0.0200. The Kier molecular flexibility index (Phi) is 4.96. The van der Waals surface area contributed by atoms with Crippen molar-refractivity contribution in [2.24, 2.45) is 11.8 Å². The van der Waals surface area contributed by atoms with Crippen LogP contribution in [0.15, 0.2) is 0 Å². The van der Waals surface area contributed by atoms with E-state index in [0.29, 0.717) is 18.1 Å². The molecule has 1 aliphatic rings. The van der Waals surface area contributed by atoms with E-state index in [-0.39, 0.29) is 12.0 Å². The molecule has 0 aromatic rings. The molecule has 3 heteroatoms. The molecule has 0 radical (unpaired) electrons. The van der Waals surface area contributed by atoms with Gasteiger partial charge in [-0.2, -0.15) is 11.8 Å². The van der Waals surface area contributed by atoms with Crippen molar-refractivity contribution in [1.82, 2.24) is 0 Å². The molecule has 0 unspecified atom stereocenters. The van der Waals surface area contributed by atoms with Crippen LogP contribution in [0.3, 0.4) is 0 Å². The van der Waals surface area contributed by atoms with Gasteiger partial charge in [-0.05, 0) is 30.3 Å². The minimum absolute atomic E-state index is 0.123. The number of aliphatic hydroxyl groups is 1. The molecule has 1 saturated heterocycles. The summed E-state index contributed by atoms with van der Waals surface area (Å²) in [5.41, 5.74) is 0. The molecular weight excluding hydrogens is 196 g/mol. The summed E-state index contributed by atoms with van der Waals surface area (Å²) in [6.07, 6.45) is 2.20. The zero-order chi connectivity index (χ0) is 10.6. The van der Waals surface area contributed by atoms with Gasteiger partial charge >= 0.3 is 0 Å². The molecule has 0 bridgehead atoms. The van der Waals surface area contributed by atoms with Crippen LogP contribution in [0.25, 0.3) is 0 Å². The molecule has 82 valence electrons. The number of aliphatic hydroxyl groups excluding tert-OH is 1. The van der Waals surface area contributed by atoms with Crippen LogP contribution in [0, 0.1) is 11.8 Å². The van der Waals surface area contributed by atoms with Crippen molar-refractivity contribution in [3.63, 3.8) is 0 Å². The average Bonchev–Trinajstić information content (AvgIpc) is 2.20. The highest BCUT2D eigenvalue weighted by atomic mass is 32.2. The second-order valence-corrected chi connectivity index (χ2v) is 5.30.